The summed E-state index contributed by atoms with van der Waals surface area (Å²) in [6.07, 6.45) is 0. The molecule has 6 heteroatoms. The highest BCUT2D eigenvalue weighted by Crippen LogP contribution is 2.21. The first-order valence-corrected chi connectivity index (χ1v) is 8.14. The molecule has 1 aromatic carbocycles. The summed E-state index contributed by atoms with van der Waals surface area (Å²) in [5.74, 6) is 0. The third kappa shape index (κ3) is 3.16. The molecule has 1 N–H and O–H groups in total. The number of pyridine rings is 1. The molecule has 0 saturated heterocycles. The molecule has 0 aliphatic heterocycles. The lowest BCUT2D eigenvalue weighted by molar-refractivity contribution is 0.491. The maximum absolute atomic E-state index is 12.4. The predicted molar refractivity (Wildman–Crippen MR) is 84.0 cm³/mol. The smallest absolute Gasteiger partial charge is 0.251 e. The number of sulfonamides is 1. The van der Waals surface area contributed by atoms with Crippen molar-refractivity contribution in [2.45, 2.75) is 38.1 Å². The van der Waals surface area contributed by atoms with Crippen LogP contribution in [0.5, 0.6) is 0 Å². The molecule has 0 saturated carbocycles. The van der Waals surface area contributed by atoms with Gasteiger partial charge in [-0.25, -0.2) is 13.1 Å². The molecular weight excluding hydrogens is 288 g/mol. The molecule has 0 spiro atoms. The second-order valence-corrected chi connectivity index (χ2v) is 7.94. The highest BCUT2D eigenvalue weighted by atomic mass is 32.2. The van der Waals surface area contributed by atoms with E-state index in [-0.39, 0.29) is 10.5 Å². The topological polar surface area (TPSA) is 68.2 Å². The van der Waals surface area contributed by atoms with E-state index < -0.39 is 15.6 Å². The molecule has 2 aromatic rings. The van der Waals surface area contributed by atoms with Gasteiger partial charge in [0.25, 0.3) is 5.56 Å². The second kappa shape index (κ2) is 4.96. The van der Waals surface area contributed by atoms with Crippen molar-refractivity contribution < 1.29 is 8.42 Å². The van der Waals surface area contributed by atoms with Crippen LogP contribution in [0, 0.1) is 6.92 Å². The van der Waals surface area contributed by atoms with Gasteiger partial charge >= 0.3 is 0 Å². The van der Waals surface area contributed by atoms with E-state index in [1.165, 1.54) is 16.7 Å². The van der Waals surface area contributed by atoms with Gasteiger partial charge in [-0.2, -0.15) is 0 Å². The Bertz CT molecular complexity index is 859. The summed E-state index contributed by atoms with van der Waals surface area (Å²) in [4.78, 5) is 12.0. The minimum atomic E-state index is -3.59. The Hall–Kier alpha value is -1.66. The maximum Gasteiger partial charge on any atom is 0.251 e. The van der Waals surface area contributed by atoms with E-state index >= 15 is 0 Å². The van der Waals surface area contributed by atoms with Crippen LogP contribution in [0.1, 0.15) is 26.3 Å². The van der Waals surface area contributed by atoms with Gasteiger partial charge in [0.2, 0.25) is 10.0 Å². The zero-order chi connectivity index (χ0) is 16.0. The SMILES string of the molecule is Cc1cc(=O)n(C)c2ccc(S(=O)(=O)NC(C)(C)C)cc12. The number of hydrogen-bond acceptors (Lipinski definition) is 3. The van der Waals surface area contributed by atoms with E-state index in [2.05, 4.69) is 4.72 Å². The van der Waals surface area contributed by atoms with Crippen LogP contribution in [0.2, 0.25) is 0 Å². The highest BCUT2D eigenvalue weighted by Gasteiger charge is 2.22. The van der Waals surface area contributed by atoms with Gasteiger partial charge in [0, 0.05) is 24.0 Å². The first-order chi connectivity index (χ1) is 9.51. The minimum absolute atomic E-state index is 0.108. The summed E-state index contributed by atoms with van der Waals surface area (Å²) >= 11 is 0. The van der Waals surface area contributed by atoms with Crippen LogP contribution in [-0.4, -0.2) is 18.5 Å². The molecule has 5 nitrogen and oxygen atoms in total. The number of benzene rings is 1. The molecule has 0 bridgehead atoms. The van der Waals surface area contributed by atoms with Crippen molar-refractivity contribution in [1.82, 2.24) is 9.29 Å². The van der Waals surface area contributed by atoms with Gasteiger partial charge in [-0.05, 0) is 51.5 Å². The minimum Gasteiger partial charge on any atom is -0.311 e. The first kappa shape index (κ1) is 15.7. The number of nitrogens with one attached hydrogen (secondary N) is 1. The van der Waals surface area contributed by atoms with E-state index in [4.69, 9.17) is 0 Å². The summed E-state index contributed by atoms with van der Waals surface area (Å²) in [5, 5.41) is 0.758. The molecule has 0 radical (unpaired) electrons. The fourth-order valence-corrected chi connectivity index (χ4v) is 3.68. The van der Waals surface area contributed by atoms with E-state index in [9.17, 15) is 13.2 Å². The fourth-order valence-electron chi connectivity index (χ4n) is 2.23. The van der Waals surface area contributed by atoms with Crippen LogP contribution < -0.4 is 10.3 Å². The van der Waals surface area contributed by atoms with Crippen LogP contribution in [0.4, 0.5) is 0 Å². The van der Waals surface area contributed by atoms with E-state index in [0.29, 0.717) is 0 Å². The van der Waals surface area contributed by atoms with Crippen LogP contribution >= 0.6 is 0 Å². The Labute approximate surface area is 124 Å². The number of aryl methyl sites for hydroxylation is 2. The Morgan fingerprint density at radius 3 is 2.33 bits per heavy atom. The van der Waals surface area contributed by atoms with Gasteiger partial charge in [0.15, 0.2) is 0 Å². The quantitative estimate of drug-likeness (QED) is 0.921. The van der Waals surface area contributed by atoms with Crippen molar-refractivity contribution in [3.05, 3.63) is 40.2 Å². The molecule has 0 amide bonds. The average molecular weight is 308 g/mol. The molecular formula is C15H20N2O3S. The van der Waals surface area contributed by atoms with Crippen molar-refractivity contribution in [2.24, 2.45) is 7.05 Å². The normalized spacial score (nSPS) is 12.8. The van der Waals surface area contributed by atoms with E-state index in [1.54, 1.807) is 46.9 Å². The van der Waals surface area contributed by atoms with Gasteiger partial charge in [-0.15, -0.1) is 0 Å². The molecule has 114 valence electrons. The lowest BCUT2D eigenvalue weighted by atomic mass is 10.1. The molecule has 0 aliphatic rings. The number of nitrogens with zero attached hydrogens (tertiary/aromatic N) is 1. The fraction of sp³-hybridized carbons (Fsp3) is 0.400. The monoisotopic (exact) mass is 308 g/mol. The first-order valence-electron chi connectivity index (χ1n) is 6.66. The molecule has 2 rings (SSSR count). The number of aromatic nitrogens is 1. The zero-order valence-corrected chi connectivity index (χ0v) is 13.7. The van der Waals surface area contributed by atoms with Crippen molar-refractivity contribution in [2.75, 3.05) is 0 Å². The third-order valence-corrected chi connectivity index (χ3v) is 4.93. The van der Waals surface area contributed by atoms with Gasteiger partial charge in [0.05, 0.1) is 10.4 Å². The summed E-state index contributed by atoms with van der Waals surface area (Å²) in [5.41, 5.74) is 0.825. The van der Waals surface area contributed by atoms with E-state index in [0.717, 1.165) is 16.5 Å². The van der Waals surface area contributed by atoms with Crippen molar-refractivity contribution in [1.29, 1.82) is 0 Å². The number of hydrogen-bond donors (Lipinski definition) is 1. The van der Waals surface area contributed by atoms with Crippen LogP contribution in [-0.2, 0) is 17.1 Å². The van der Waals surface area contributed by atoms with Gasteiger partial charge < -0.3 is 4.57 Å². The Morgan fingerprint density at radius 2 is 1.76 bits per heavy atom. The molecule has 21 heavy (non-hydrogen) atoms. The third-order valence-electron chi connectivity index (χ3n) is 3.18. The largest absolute Gasteiger partial charge is 0.311 e. The van der Waals surface area contributed by atoms with E-state index in [1.807, 2.05) is 0 Å². The molecule has 0 aliphatic carbocycles. The predicted octanol–water partition coefficient (Wildman–Crippen LogP) is 1.92. The molecule has 1 heterocycles. The molecule has 0 atom stereocenters. The zero-order valence-electron chi connectivity index (χ0n) is 12.9. The van der Waals surface area contributed by atoms with Crippen LogP contribution in [0.15, 0.2) is 34.0 Å². The molecule has 0 fully saturated rings. The van der Waals surface area contributed by atoms with Crippen LogP contribution in [0.3, 0.4) is 0 Å². The van der Waals surface area contributed by atoms with Gasteiger partial charge in [-0.1, -0.05) is 0 Å². The average Bonchev–Trinajstić information content (AvgIpc) is 2.32. The lowest BCUT2D eigenvalue weighted by Gasteiger charge is -2.20. The van der Waals surface area contributed by atoms with Gasteiger partial charge in [0.1, 0.15) is 0 Å². The summed E-state index contributed by atoms with van der Waals surface area (Å²) in [6.45, 7) is 7.18. The summed E-state index contributed by atoms with van der Waals surface area (Å²) < 4.78 is 28.9. The van der Waals surface area contributed by atoms with Crippen molar-refractivity contribution in [3.63, 3.8) is 0 Å². The Balaban J connectivity index is 2.67. The van der Waals surface area contributed by atoms with Crippen molar-refractivity contribution in [3.8, 4) is 0 Å². The number of fused-ring (bicyclic) bond motifs is 1. The molecule has 0 unspecified atom stereocenters. The standard InChI is InChI=1S/C15H20N2O3S/c1-10-8-14(18)17(5)13-7-6-11(9-12(10)13)21(19,20)16-15(2,3)4/h6-9,16H,1-5H3. The van der Waals surface area contributed by atoms with Crippen molar-refractivity contribution >= 4 is 20.9 Å². The highest BCUT2D eigenvalue weighted by molar-refractivity contribution is 7.89. The van der Waals surface area contributed by atoms with Gasteiger partial charge in [-0.3, -0.25) is 4.79 Å². The Morgan fingerprint density at radius 1 is 1.14 bits per heavy atom. The second-order valence-electron chi connectivity index (χ2n) is 6.26. The molecule has 1 aromatic heterocycles. The summed E-state index contributed by atoms with van der Waals surface area (Å²) in [7, 11) is -1.91. The van der Waals surface area contributed by atoms with Crippen LogP contribution in [0.25, 0.3) is 10.9 Å². The lowest BCUT2D eigenvalue weighted by Crippen LogP contribution is -2.40. The Kier molecular flexibility index (Phi) is 3.71. The maximum atomic E-state index is 12.4. The number of rotatable bonds is 2. The summed E-state index contributed by atoms with van der Waals surface area (Å²) in [6, 6.07) is 6.31.